The van der Waals surface area contributed by atoms with Crippen LogP contribution in [0.1, 0.15) is 71.1 Å². The van der Waals surface area contributed by atoms with Crippen molar-refractivity contribution in [2.45, 2.75) is 82.4 Å². The lowest BCUT2D eigenvalue weighted by Crippen LogP contribution is -2.30. The third-order valence-electron chi connectivity index (χ3n) is 2.90. The molecule has 0 bridgehead atoms. The molecular formula is C13H28O3S. The second kappa shape index (κ2) is 10.2. The first-order chi connectivity index (χ1) is 7.95. The van der Waals surface area contributed by atoms with Crippen LogP contribution < -0.4 is 0 Å². The highest BCUT2D eigenvalue weighted by atomic mass is 32.1. The normalized spacial score (nSPS) is 13.9. The van der Waals surface area contributed by atoms with Crippen LogP contribution in [0.5, 0.6) is 0 Å². The highest BCUT2D eigenvalue weighted by molar-refractivity contribution is 7.80. The van der Waals surface area contributed by atoms with Crippen LogP contribution in [-0.2, 0) is 0 Å². The van der Waals surface area contributed by atoms with Gasteiger partial charge in [-0.25, -0.2) is 0 Å². The molecule has 3 nitrogen and oxygen atoms in total. The topological polar surface area (TPSA) is 60.7 Å². The van der Waals surface area contributed by atoms with E-state index in [1.807, 2.05) is 0 Å². The van der Waals surface area contributed by atoms with Crippen LogP contribution in [0.4, 0.5) is 0 Å². The average Bonchev–Trinajstić information content (AvgIpc) is 2.19. The largest absolute Gasteiger partial charge is 0.344 e. The van der Waals surface area contributed by atoms with Crippen LogP contribution in [0.25, 0.3) is 0 Å². The van der Waals surface area contributed by atoms with Crippen LogP contribution in [-0.4, -0.2) is 26.5 Å². The summed E-state index contributed by atoms with van der Waals surface area (Å²) in [7, 11) is 0. The first-order valence-electron chi connectivity index (χ1n) is 6.81. The molecule has 0 aliphatic heterocycles. The summed E-state index contributed by atoms with van der Waals surface area (Å²) in [4.78, 5) is 0. The maximum Gasteiger partial charge on any atom is 0.276 e. The quantitative estimate of drug-likeness (QED) is 0.264. The fourth-order valence-electron chi connectivity index (χ4n) is 1.93. The summed E-state index contributed by atoms with van der Waals surface area (Å²) in [6.07, 6.45) is 10.8. The molecule has 104 valence electrons. The minimum Gasteiger partial charge on any atom is -0.344 e. The molecule has 0 radical (unpaired) electrons. The summed E-state index contributed by atoms with van der Waals surface area (Å²) in [6, 6.07) is 0. The van der Waals surface area contributed by atoms with Gasteiger partial charge in [0.25, 0.3) is 5.97 Å². The van der Waals surface area contributed by atoms with Crippen molar-refractivity contribution in [2.24, 2.45) is 0 Å². The van der Waals surface area contributed by atoms with Crippen molar-refractivity contribution in [1.29, 1.82) is 0 Å². The summed E-state index contributed by atoms with van der Waals surface area (Å²) >= 11 is 4.21. The van der Waals surface area contributed by atoms with E-state index in [0.717, 1.165) is 12.8 Å². The number of aliphatic hydroxyl groups is 3. The fourth-order valence-corrected chi connectivity index (χ4v) is 2.36. The summed E-state index contributed by atoms with van der Waals surface area (Å²) in [5.41, 5.74) is 0. The van der Waals surface area contributed by atoms with Crippen molar-refractivity contribution in [2.75, 3.05) is 0 Å². The van der Waals surface area contributed by atoms with Crippen molar-refractivity contribution in [1.82, 2.24) is 0 Å². The lowest BCUT2D eigenvalue weighted by molar-refractivity contribution is -0.314. The predicted molar refractivity (Wildman–Crippen MR) is 74.0 cm³/mol. The fraction of sp³-hybridized carbons (Fsp3) is 1.00. The van der Waals surface area contributed by atoms with Gasteiger partial charge in [0.1, 0.15) is 0 Å². The van der Waals surface area contributed by atoms with Crippen molar-refractivity contribution in [3.63, 3.8) is 0 Å². The summed E-state index contributed by atoms with van der Waals surface area (Å²) in [5, 5.41) is 26.2. The van der Waals surface area contributed by atoms with E-state index in [9.17, 15) is 0 Å². The van der Waals surface area contributed by atoms with E-state index in [1.54, 1.807) is 0 Å². The highest BCUT2D eigenvalue weighted by Gasteiger charge is 2.22. The Morgan fingerprint density at radius 3 is 1.82 bits per heavy atom. The third kappa shape index (κ3) is 14.2. The zero-order chi connectivity index (χ0) is 13.1. The van der Waals surface area contributed by atoms with Crippen molar-refractivity contribution in [3.05, 3.63) is 0 Å². The first kappa shape index (κ1) is 17.2. The van der Waals surface area contributed by atoms with Crippen LogP contribution >= 0.6 is 12.6 Å². The van der Waals surface area contributed by atoms with Gasteiger partial charge in [0.05, 0.1) is 0 Å². The smallest absolute Gasteiger partial charge is 0.276 e. The maximum atomic E-state index is 8.77. The van der Waals surface area contributed by atoms with Gasteiger partial charge in [-0.2, -0.15) is 12.6 Å². The van der Waals surface area contributed by atoms with Crippen LogP contribution in [0.2, 0.25) is 0 Å². The van der Waals surface area contributed by atoms with Crippen LogP contribution in [0.15, 0.2) is 0 Å². The van der Waals surface area contributed by atoms with E-state index in [0.29, 0.717) is 0 Å². The Labute approximate surface area is 111 Å². The minimum atomic E-state index is -2.56. The average molecular weight is 264 g/mol. The Morgan fingerprint density at radius 1 is 0.882 bits per heavy atom. The lowest BCUT2D eigenvalue weighted by Gasteiger charge is -2.18. The van der Waals surface area contributed by atoms with E-state index < -0.39 is 5.97 Å². The molecule has 4 heteroatoms. The van der Waals surface area contributed by atoms with Gasteiger partial charge in [0.2, 0.25) is 0 Å². The van der Waals surface area contributed by atoms with Gasteiger partial charge in [-0.15, -0.1) is 0 Å². The molecule has 0 aromatic rings. The van der Waals surface area contributed by atoms with Crippen LogP contribution in [0.3, 0.4) is 0 Å². The van der Waals surface area contributed by atoms with E-state index in [4.69, 9.17) is 15.3 Å². The van der Waals surface area contributed by atoms with Gasteiger partial charge in [-0.1, -0.05) is 58.3 Å². The van der Waals surface area contributed by atoms with E-state index in [-0.39, 0.29) is 11.7 Å². The minimum absolute atomic E-state index is 0.0907. The van der Waals surface area contributed by atoms with Gasteiger partial charge in [0, 0.05) is 11.7 Å². The molecule has 0 heterocycles. The highest BCUT2D eigenvalue weighted by Crippen LogP contribution is 2.18. The molecule has 0 spiro atoms. The molecule has 0 aliphatic rings. The zero-order valence-electron chi connectivity index (χ0n) is 10.9. The molecule has 0 rings (SSSR count). The number of hydrogen-bond acceptors (Lipinski definition) is 4. The second-order valence-electron chi connectivity index (χ2n) is 4.90. The molecule has 3 N–H and O–H groups in total. The Kier molecular flexibility index (Phi) is 10.3. The Hall–Kier alpha value is 0.230. The van der Waals surface area contributed by atoms with Crippen LogP contribution in [0, 0.1) is 0 Å². The van der Waals surface area contributed by atoms with Gasteiger partial charge in [0.15, 0.2) is 0 Å². The molecular weight excluding hydrogens is 236 g/mol. The Bertz CT molecular complexity index is 169. The first-order valence-corrected chi connectivity index (χ1v) is 7.32. The van der Waals surface area contributed by atoms with E-state index in [1.165, 1.54) is 44.9 Å². The van der Waals surface area contributed by atoms with Crippen molar-refractivity contribution < 1.29 is 15.3 Å². The Balaban J connectivity index is 3.22. The molecule has 0 saturated heterocycles. The molecule has 0 aromatic carbocycles. The molecule has 0 fully saturated rings. The summed E-state index contributed by atoms with van der Waals surface area (Å²) in [5.74, 6) is -2.56. The molecule has 0 amide bonds. The maximum absolute atomic E-state index is 8.77. The number of rotatable bonds is 11. The molecule has 17 heavy (non-hydrogen) atoms. The van der Waals surface area contributed by atoms with Crippen molar-refractivity contribution >= 4 is 12.6 Å². The third-order valence-corrected chi connectivity index (χ3v) is 3.34. The predicted octanol–water partition coefficient (Wildman–Crippen LogP) is 2.84. The molecule has 0 saturated carbocycles. The summed E-state index contributed by atoms with van der Waals surface area (Å²) < 4.78 is 0. The molecule has 1 atom stereocenters. The van der Waals surface area contributed by atoms with E-state index >= 15 is 0 Å². The van der Waals surface area contributed by atoms with Crippen molar-refractivity contribution in [3.8, 4) is 0 Å². The van der Waals surface area contributed by atoms with Gasteiger partial charge >= 0.3 is 0 Å². The SMILES string of the molecule is CCCCCCCCCCC(S)CC(O)(O)O. The number of unbranched alkanes of at least 4 members (excludes halogenated alkanes) is 7. The van der Waals surface area contributed by atoms with E-state index in [2.05, 4.69) is 19.6 Å². The van der Waals surface area contributed by atoms with Gasteiger partial charge in [-0.05, 0) is 6.42 Å². The lowest BCUT2D eigenvalue weighted by atomic mass is 10.1. The second-order valence-corrected chi connectivity index (χ2v) is 5.63. The molecule has 0 aliphatic carbocycles. The molecule has 0 aromatic heterocycles. The summed E-state index contributed by atoms with van der Waals surface area (Å²) in [6.45, 7) is 2.22. The molecule has 1 unspecified atom stereocenters. The van der Waals surface area contributed by atoms with Gasteiger partial charge in [-0.3, -0.25) is 0 Å². The number of thiol groups is 1. The number of hydrogen-bond donors (Lipinski definition) is 4. The standard InChI is InChI=1S/C13H28O3S/c1-2-3-4-5-6-7-8-9-10-12(17)11-13(14,15)16/h12,14-17H,2-11H2,1H3. The zero-order valence-corrected chi connectivity index (χ0v) is 11.8. The Morgan fingerprint density at radius 2 is 1.35 bits per heavy atom. The van der Waals surface area contributed by atoms with Gasteiger partial charge < -0.3 is 15.3 Å². The monoisotopic (exact) mass is 264 g/mol.